The minimum absolute atomic E-state index is 0. The van der Waals surface area contributed by atoms with Gasteiger partial charge in [0.05, 0.1) is 13.2 Å². The molecule has 1 saturated heterocycles. The predicted molar refractivity (Wildman–Crippen MR) is 84.0 cm³/mol. The summed E-state index contributed by atoms with van der Waals surface area (Å²) in [6, 6.07) is 0. The normalized spacial score (nSPS) is 15.9. The Morgan fingerprint density at radius 1 is 0.947 bits per heavy atom. The van der Waals surface area contributed by atoms with Crippen molar-refractivity contribution in [2.45, 2.75) is 0 Å². The summed E-state index contributed by atoms with van der Waals surface area (Å²) in [5.74, 6) is 0. The molecule has 0 aromatic heterocycles. The number of rotatable bonds is 9. The molecule has 19 heavy (non-hydrogen) atoms. The maximum absolute atomic E-state index is 5.14. The van der Waals surface area contributed by atoms with Crippen molar-refractivity contribution in [1.82, 2.24) is 15.1 Å². The number of ether oxygens (including phenoxy) is 2. The molecule has 1 rings (SSSR count). The SMILES string of the molecule is COCCN(CCOC)CCN1CCNCC1.Cl.Cl. The van der Waals surface area contributed by atoms with Gasteiger partial charge in [0, 0.05) is 66.6 Å². The number of hydrogen-bond acceptors (Lipinski definition) is 5. The van der Waals surface area contributed by atoms with Gasteiger partial charge in [-0.15, -0.1) is 24.8 Å². The van der Waals surface area contributed by atoms with Crippen LogP contribution in [0.25, 0.3) is 0 Å². The zero-order chi connectivity index (χ0) is 12.3. The zero-order valence-corrected chi connectivity index (χ0v) is 13.7. The molecule has 1 aliphatic rings. The third-order valence-electron chi connectivity index (χ3n) is 3.17. The van der Waals surface area contributed by atoms with E-state index >= 15 is 0 Å². The van der Waals surface area contributed by atoms with Gasteiger partial charge in [-0.25, -0.2) is 0 Å². The van der Waals surface area contributed by atoms with Crippen LogP contribution in [-0.2, 0) is 9.47 Å². The predicted octanol–water partition coefficient (Wildman–Crippen LogP) is 0.330. The number of nitrogens with zero attached hydrogens (tertiary/aromatic N) is 2. The maximum Gasteiger partial charge on any atom is 0.0589 e. The first-order valence-corrected chi connectivity index (χ1v) is 6.50. The molecule has 1 fully saturated rings. The van der Waals surface area contributed by atoms with Crippen LogP contribution in [0.1, 0.15) is 0 Å². The monoisotopic (exact) mass is 317 g/mol. The summed E-state index contributed by atoms with van der Waals surface area (Å²) in [4.78, 5) is 4.93. The highest BCUT2D eigenvalue weighted by molar-refractivity contribution is 5.85. The van der Waals surface area contributed by atoms with Crippen molar-refractivity contribution in [3.05, 3.63) is 0 Å². The van der Waals surface area contributed by atoms with E-state index in [0.717, 1.165) is 52.5 Å². The van der Waals surface area contributed by atoms with Gasteiger partial charge in [-0.2, -0.15) is 0 Å². The summed E-state index contributed by atoms with van der Waals surface area (Å²) in [6.07, 6.45) is 0. The lowest BCUT2D eigenvalue weighted by atomic mass is 10.3. The summed E-state index contributed by atoms with van der Waals surface area (Å²) in [7, 11) is 3.51. The van der Waals surface area contributed by atoms with Crippen molar-refractivity contribution >= 4 is 24.8 Å². The van der Waals surface area contributed by atoms with E-state index in [4.69, 9.17) is 9.47 Å². The second-order valence-electron chi connectivity index (χ2n) is 4.42. The smallest absolute Gasteiger partial charge is 0.0589 e. The van der Waals surface area contributed by atoms with E-state index in [9.17, 15) is 0 Å². The van der Waals surface area contributed by atoms with Crippen molar-refractivity contribution < 1.29 is 9.47 Å². The highest BCUT2D eigenvalue weighted by atomic mass is 35.5. The third kappa shape index (κ3) is 10.8. The van der Waals surface area contributed by atoms with Crippen LogP contribution in [0.5, 0.6) is 0 Å². The third-order valence-corrected chi connectivity index (χ3v) is 3.17. The fraction of sp³-hybridized carbons (Fsp3) is 1.00. The summed E-state index contributed by atoms with van der Waals surface area (Å²) < 4.78 is 10.3. The second kappa shape index (κ2) is 14.8. The van der Waals surface area contributed by atoms with Crippen LogP contribution in [0.2, 0.25) is 0 Å². The first-order valence-electron chi connectivity index (χ1n) is 6.50. The standard InChI is InChI=1S/C12H27N3O2.2ClH/c1-16-11-9-15(10-12-17-2)8-7-14-5-3-13-4-6-14;;/h13H,3-12H2,1-2H3;2*1H. The molecular formula is C12H29Cl2N3O2. The molecular weight excluding hydrogens is 289 g/mol. The summed E-state index contributed by atoms with van der Waals surface area (Å²) in [6.45, 7) is 10.4. The van der Waals surface area contributed by atoms with E-state index in [-0.39, 0.29) is 24.8 Å². The number of nitrogens with one attached hydrogen (secondary N) is 1. The Kier molecular flexibility index (Phi) is 16.9. The Hall–Kier alpha value is 0.380. The highest BCUT2D eigenvalue weighted by Gasteiger charge is 2.11. The molecule has 1 N–H and O–H groups in total. The van der Waals surface area contributed by atoms with Crippen LogP contribution in [0.4, 0.5) is 0 Å². The van der Waals surface area contributed by atoms with Crippen molar-refractivity contribution in [2.24, 2.45) is 0 Å². The molecule has 0 aromatic carbocycles. The first-order chi connectivity index (χ1) is 8.36. The lowest BCUT2D eigenvalue weighted by molar-refractivity contribution is 0.103. The average Bonchev–Trinajstić information content (AvgIpc) is 2.39. The number of methoxy groups -OCH3 is 2. The molecule has 0 aromatic rings. The Morgan fingerprint density at radius 3 is 1.95 bits per heavy atom. The molecule has 0 aliphatic carbocycles. The minimum atomic E-state index is 0. The quantitative estimate of drug-likeness (QED) is 0.663. The van der Waals surface area contributed by atoms with Crippen molar-refractivity contribution in [3.63, 3.8) is 0 Å². The fourth-order valence-electron chi connectivity index (χ4n) is 1.99. The lowest BCUT2D eigenvalue weighted by Crippen LogP contribution is -2.46. The minimum Gasteiger partial charge on any atom is -0.383 e. The van der Waals surface area contributed by atoms with Gasteiger partial charge in [-0.3, -0.25) is 9.80 Å². The van der Waals surface area contributed by atoms with Gasteiger partial charge >= 0.3 is 0 Å². The molecule has 0 unspecified atom stereocenters. The van der Waals surface area contributed by atoms with E-state index < -0.39 is 0 Å². The molecule has 118 valence electrons. The highest BCUT2D eigenvalue weighted by Crippen LogP contribution is 1.95. The van der Waals surface area contributed by atoms with E-state index in [1.165, 1.54) is 13.1 Å². The van der Waals surface area contributed by atoms with Crippen molar-refractivity contribution in [3.8, 4) is 0 Å². The topological polar surface area (TPSA) is 37.0 Å². The molecule has 5 nitrogen and oxygen atoms in total. The van der Waals surface area contributed by atoms with Crippen LogP contribution in [0.15, 0.2) is 0 Å². The zero-order valence-electron chi connectivity index (χ0n) is 12.1. The van der Waals surface area contributed by atoms with Crippen LogP contribution >= 0.6 is 24.8 Å². The molecule has 0 amide bonds. The molecule has 0 saturated carbocycles. The van der Waals surface area contributed by atoms with Crippen molar-refractivity contribution in [2.75, 3.05) is 79.8 Å². The van der Waals surface area contributed by atoms with Gasteiger partial charge in [-0.05, 0) is 0 Å². The second-order valence-corrected chi connectivity index (χ2v) is 4.42. The molecule has 1 aliphatic heterocycles. The molecule has 0 spiro atoms. The van der Waals surface area contributed by atoms with Gasteiger partial charge in [0.1, 0.15) is 0 Å². The summed E-state index contributed by atoms with van der Waals surface area (Å²) in [5, 5.41) is 3.38. The van der Waals surface area contributed by atoms with E-state index in [1.807, 2.05) is 0 Å². The molecule has 0 atom stereocenters. The van der Waals surface area contributed by atoms with Crippen LogP contribution in [-0.4, -0.2) is 89.6 Å². The average molecular weight is 318 g/mol. The van der Waals surface area contributed by atoms with E-state index in [2.05, 4.69) is 15.1 Å². The number of hydrogen-bond donors (Lipinski definition) is 1. The van der Waals surface area contributed by atoms with Gasteiger partial charge in [0.25, 0.3) is 0 Å². The van der Waals surface area contributed by atoms with Crippen LogP contribution in [0, 0.1) is 0 Å². The molecule has 0 radical (unpaired) electrons. The fourth-order valence-corrected chi connectivity index (χ4v) is 1.99. The van der Waals surface area contributed by atoms with E-state index in [1.54, 1.807) is 14.2 Å². The Morgan fingerprint density at radius 2 is 1.47 bits per heavy atom. The molecule has 0 bridgehead atoms. The van der Waals surface area contributed by atoms with Gasteiger partial charge in [-0.1, -0.05) is 0 Å². The Labute approximate surface area is 129 Å². The molecule has 1 heterocycles. The van der Waals surface area contributed by atoms with Gasteiger partial charge in [0.2, 0.25) is 0 Å². The van der Waals surface area contributed by atoms with Crippen molar-refractivity contribution in [1.29, 1.82) is 0 Å². The maximum atomic E-state index is 5.14. The number of halogens is 2. The first kappa shape index (κ1) is 21.7. The van der Waals surface area contributed by atoms with Crippen LogP contribution in [0.3, 0.4) is 0 Å². The Balaban J connectivity index is 0. The summed E-state index contributed by atoms with van der Waals surface area (Å²) in [5.41, 5.74) is 0. The van der Waals surface area contributed by atoms with E-state index in [0.29, 0.717) is 0 Å². The lowest BCUT2D eigenvalue weighted by Gasteiger charge is -2.30. The Bertz CT molecular complexity index is 176. The van der Waals surface area contributed by atoms with Gasteiger partial charge in [0.15, 0.2) is 0 Å². The largest absolute Gasteiger partial charge is 0.383 e. The summed E-state index contributed by atoms with van der Waals surface area (Å²) >= 11 is 0. The molecule has 7 heteroatoms. The number of piperazine rings is 1. The van der Waals surface area contributed by atoms with Crippen LogP contribution < -0.4 is 5.32 Å². The van der Waals surface area contributed by atoms with Gasteiger partial charge < -0.3 is 14.8 Å².